The predicted molar refractivity (Wildman–Crippen MR) is 77.1 cm³/mol. The molecule has 0 radical (unpaired) electrons. The molecule has 0 atom stereocenters. The van der Waals surface area contributed by atoms with Crippen LogP contribution in [0.2, 0.25) is 0 Å². The van der Waals surface area contributed by atoms with Crippen LogP contribution >= 0.6 is 0 Å². The number of aryl methyl sites for hydroxylation is 1. The van der Waals surface area contributed by atoms with Gasteiger partial charge in [-0.25, -0.2) is 0 Å². The van der Waals surface area contributed by atoms with Crippen molar-refractivity contribution in [3.05, 3.63) is 51.9 Å². The molecule has 1 aliphatic carbocycles. The zero-order chi connectivity index (χ0) is 12.5. The summed E-state index contributed by atoms with van der Waals surface area (Å²) in [5.41, 5.74) is 10.0. The summed E-state index contributed by atoms with van der Waals surface area (Å²) < 4.78 is 0. The summed E-state index contributed by atoms with van der Waals surface area (Å²) in [6.07, 6.45) is 7.10. The van der Waals surface area contributed by atoms with Gasteiger partial charge in [0.25, 0.3) is 0 Å². The topological polar surface area (TPSA) is 3.24 Å². The summed E-state index contributed by atoms with van der Waals surface area (Å²) in [7, 11) is 0. The highest BCUT2D eigenvalue weighted by atomic mass is 15.1. The second-order valence-corrected chi connectivity index (χ2v) is 5.22. The molecule has 92 valence electrons. The van der Waals surface area contributed by atoms with E-state index in [2.05, 4.69) is 54.8 Å². The van der Waals surface area contributed by atoms with Crippen molar-refractivity contribution in [3.8, 4) is 0 Å². The fourth-order valence-electron chi connectivity index (χ4n) is 2.82. The minimum Gasteiger partial charge on any atom is -0.371 e. The molecule has 1 heteroatoms. The summed E-state index contributed by atoms with van der Waals surface area (Å²) >= 11 is 0. The van der Waals surface area contributed by atoms with Crippen LogP contribution in [0.25, 0.3) is 12.2 Å². The lowest BCUT2D eigenvalue weighted by Gasteiger charge is -2.21. The van der Waals surface area contributed by atoms with Gasteiger partial charge < -0.3 is 4.90 Å². The molecule has 1 aliphatic heterocycles. The van der Waals surface area contributed by atoms with Crippen molar-refractivity contribution in [1.29, 1.82) is 0 Å². The average molecular weight is 237 g/mol. The van der Waals surface area contributed by atoms with E-state index in [-0.39, 0.29) is 0 Å². The van der Waals surface area contributed by atoms with Crippen LogP contribution in [-0.4, -0.2) is 18.0 Å². The Hall–Kier alpha value is -1.72. The number of hydrogen-bond donors (Lipinski definition) is 0. The first kappa shape index (κ1) is 11.4. The molecule has 0 unspecified atom stereocenters. The number of allylic oxidation sites excluding steroid dienone is 1. The molecule has 3 rings (SSSR count). The fourth-order valence-corrected chi connectivity index (χ4v) is 2.82. The quantitative estimate of drug-likeness (QED) is 0.667. The Balaban J connectivity index is 2.12. The van der Waals surface area contributed by atoms with E-state index in [9.17, 15) is 0 Å². The SMILES string of the molecule is CC1=C=Cc2c(C)cccc2C=C1N1CCCC1. The maximum atomic E-state index is 3.45. The number of rotatable bonds is 1. The van der Waals surface area contributed by atoms with Gasteiger partial charge in [0.1, 0.15) is 0 Å². The van der Waals surface area contributed by atoms with Gasteiger partial charge in [0, 0.05) is 24.4 Å². The third-order valence-corrected chi connectivity index (χ3v) is 3.91. The molecule has 0 amide bonds. The highest BCUT2D eigenvalue weighted by molar-refractivity contribution is 5.73. The molecule has 0 saturated carbocycles. The van der Waals surface area contributed by atoms with Crippen molar-refractivity contribution >= 4 is 12.2 Å². The van der Waals surface area contributed by atoms with Gasteiger partial charge in [0.05, 0.1) is 0 Å². The molecular formula is C17H19N. The van der Waals surface area contributed by atoms with Gasteiger partial charge in [0.15, 0.2) is 0 Å². The Morgan fingerprint density at radius 2 is 1.89 bits per heavy atom. The normalized spacial score (nSPS) is 18.2. The van der Waals surface area contributed by atoms with Crippen LogP contribution in [0.4, 0.5) is 0 Å². The van der Waals surface area contributed by atoms with Crippen molar-refractivity contribution < 1.29 is 0 Å². The molecule has 0 aromatic heterocycles. The Labute approximate surface area is 109 Å². The maximum Gasteiger partial charge on any atom is 0.0480 e. The molecule has 1 fully saturated rings. The largest absolute Gasteiger partial charge is 0.371 e. The van der Waals surface area contributed by atoms with Gasteiger partial charge in [-0.2, -0.15) is 0 Å². The summed E-state index contributed by atoms with van der Waals surface area (Å²) in [4.78, 5) is 2.49. The van der Waals surface area contributed by atoms with E-state index in [1.807, 2.05) is 0 Å². The van der Waals surface area contributed by atoms with E-state index in [4.69, 9.17) is 0 Å². The molecule has 0 bridgehead atoms. The fraction of sp³-hybridized carbons (Fsp3) is 0.353. The van der Waals surface area contributed by atoms with E-state index >= 15 is 0 Å². The van der Waals surface area contributed by atoms with Crippen molar-refractivity contribution in [2.45, 2.75) is 26.7 Å². The van der Waals surface area contributed by atoms with Crippen molar-refractivity contribution in [3.63, 3.8) is 0 Å². The van der Waals surface area contributed by atoms with Crippen molar-refractivity contribution in [2.24, 2.45) is 0 Å². The smallest absolute Gasteiger partial charge is 0.0480 e. The number of benzene rings is 1. The number of hydrogen-bond acceptors (Lipinski definition) is 1. The van der Waals surface area contributed by atoms with Gasteiger partial charge in [0.2, 0.25) is 0 Å². The van der Waals surface area contributed by atoms with Crippen LogP contribution in [0.1, 0.15) is 36.5 Å². The van der Waals surface area contributed by atoms with Crippen LogP contribution in [0, 0.1) is 6.92 Å². The van der Waals surface area contributed by atoms with E-state index in [1.54, 1.807) is 0 Å². The molecule has 18 heavy (non-hydrogen) atoms. The maximum absolute atomic E-state index is 3.45. The second-order valence-electron chi connectivity index (χ2n) is 5.22. The van der Waals surface area contributed by atoms with Crippen LogP contribution < -0.4 is 0 Å². The molecule has 0 spiro atoms. The summed E-state index contributed by atoms with van der Waals surface area (Å²) in [5, 5.41) is 0. The van der Waals surface area contributed by atoms with Crippen LogP contribution in [-0.2, 0) is 0 Å². The first-order chi connectivity index (χ1) is 8.75. The molecule has 1 aromatic carbocycles. The summed E-state index contributed by atoms with van der Waals surface area (Å²) in [5.74, 6) is 0. The third-order valence-electron chi connectivity index (χ3n) is 3.91. The highest BCUT2D eigenvalue weighted by Gasteiger charge is 2.17. The molecule has 1 nitrogen and oxygen atoms in total. The van der Waals surface area contributed by atoms with E-state index in [0.717, 1.165) is 0 Å². The Morgan fingerprint density at radius 3 is 2.67 bits per heavy atom. The first-order valence-electron chi connectivity index (χ1n) is 6.75. The molecule has 2 aliphatic rings. The second kappa shape index (κ2) is 4.51. The lowest BCUT2D eigenvalue weighted by Crippen LogP contribution is -2.18. The zero-order valence-corrected chi connectivity index (χ0v) is 11.2. The lowest BCUT2D eigenvalue weighted by molar-refractivity contribution is 0.438. The summed E-state index contributed by atoms with van der Waals surface area (Å²) in [6, 6.07) is 6.51. The van der Waals surface area contributed by atoms with Crippen LogP contribution in [0.15, 0.2) is 35.2 Å². The standard InChI is InChI=1S/C17H19N/c1-13-6-5-7-15-12-17(18-10-3-4-11-18)14(2)8-9-16(13)15/h5-7,9,12H,3-4,10-11H2,1-2H3. The molecule has 1 aromatic rings. The minimum absolute atomic E-state index is 1.19. The molecule has 0 N–H and O–H groups in total. The number of nitrogens with zero attached hydrogens (tertiary/aromatic N) is 1. The van der Waals surface area contributed by atoms with Gasteiger partial charge in [-0.1, -0.05) is 18.2 Å². The molecule has 1 saturated heterocycles. The lowest BCUT2D eigenvalue weighted by atomic mass is 10.0. The molecule has 1 heterocycles. The minimum atomic E-state index is 1.19. The zero-order valence-electron chi connectivity index (χ0n) is 11.2. The van der Waals surface area contributed by atoms with Crippen molar-refractivity contribution in [2.75, 3.05) is 13.1 Å². The van der Waals surface area contributed by atoms with Gasteiger partial charge in [-0.15, -0.1) is 5.73 Å². The highest BCUT2D eigenvalue weighted by Crippen LogP contribution is 2.28. The van der Waals surface area contributed by atoms with E-state index in [1.165, 1.54) is 53.9 Å². The Bertz CT molecular complexity index is 565. The van der Waals surface area contributed by atoms with Crippen LogP contribution in [0.3, 0.4) is 0 Å². The third kappa shape index (κ3) is 1.91. The first-order valence-corrected chi connectivity index (χ1v) is 6.75. The van der Waals surface area contributed by atoms with Gasteiger partial charge in [-0.3, -0.25) is 0 Å². The Kier molecular flexibility index (Phi) is 2.85. The number of likely N-dealkylation sites (tertiary alicyclic amines) is 1. The van der Waals surface area contributed by atoms with E-state index < -0.39 is 0 Å². The van der Waals surface area contributed by atoms with Gasteiger partial charge >= 0.3 is 0 Å². The molecular weight excluding hydrogens is 218 g/mol. The predicted octanol–water partition coefficient (Wildman–Crippen LogP) is 4.00. The van der Waals surface area contributed by atoms with Gasteiger partial charge in [-0.05, 0) is 55.5 Å². The van der Waals surface area contributed by atoms with Crippen LogP contribution in [0.5, 0.6) is 0 Å². The summed E-state index contributed by atoms with van der Waals surface area (Å²) in [6.45, 7) is 6.71. The van der Waals surface area contributed by atoms with E-state index in [0.29, 0.717) is 0 Å². The Morgan fingerprint density at radius 1 is 1.11 bits per heavy atom. The van der Waals surface area contributed by atoms with Crippen molar-refractivity contribution in [1.82, 2.24) is 4.90 Å². The number of fused-ring (bicyclic) bond motifs is 1. The monoisotopic (exact) mass is 237 g/mol. The average Bonchev–Trinajstić information content (AvgIpc) is 2.82.